The number of nitrogens with one attached hydrogen (secondary N) is 1. The van der Waals surface area contributed by atoms with Crippen LogP contribution in [0.5, 0.6) is 0 Å². The molecule has 22 heavy (non-hydrogen) atoms. The second-order valence-corrected chi connectivity index (χ2v) is 9.13. The van der Waals surface area contributed by atoms with Gasteiger partial charge in [0, 0.05) is 27.8 Å². The molecule has 0 amide bonds. The molecule has 1 fully saturated rings. The van der Waals surface area contributed by atoms with E-state index in [4.69, 9.17) is 4.98 Å². The minimum atomic E-state index is -0.659. The zero-order chi connectivity index (χ0) is 15.5. The molecule has 3 rings (SSSR count). The van der Waals surface area contributed by atoms with E-state index in [0.717, 1.165) is 29.1 Å². The number of hydrogen-bond donors (Lipinski definition) is 1. The Balaban J connectivity index is 1.65. The molecule has 1 aliphatic rings. The molecule has 1 saturated carbocycles. The molecule has 4 atom stereocenters. The van der Waals surface area contributed by atoms with Crippen LogP contribution in [0.3, 0.4) is 0 Å². The van der Waals surface area contributed by atoms with E-state index in [1.54, 1.807) is 11.3 Å². The van der Waals surface area contributed by atoms with Crippen LogP contribution in [0.4, 0.5) is 0 Å². The molecule has 1 heterocycles. The Labute approximate surface area is 139 Å². The molecule has 1 aromatic carbocycles. The fourth-order valence-electron chi connectivity index (χ4n) is 3.27. The van der Waals surface area contributed by atoms with Crippen molar-refractivity contribution in [2.24, 2.45) is 0 Å². The molecular formula is C17H24N2OS2. The van der Waals surface area contributed by atoms with Crippen LogP contribution in [0, 0.1) is 0 Å². The fourth-order valence-corrected chi connectivity index (χ4v) is 5.60. The van der Waals surface area contributed by atoms with Crippen molar-refractivity contribution in [2.75, 3.05) is 5.75 Å². The van der Waals surface area contributed by atoms with E-state index in [9.17, 15) is 4.21 Å². The van der Waals surface area contributed by atoms with Gasteiger partial charge in [0.05, 0.1) is 16.3 Å². The van der Waals surface area contributed by atoms with Gasteiger partial charge in [0.15, 0.2) is 0 Å². The van der Waals surface area contributed by atoms with Gasteiger partial charge in [0.25, 0.3) is 0 Å². The van der Waals surface area contributed by atoms with Gasteiger partial charge in [-0.25, -0.2) is 4.98 Å². The fraction of sp³-hybridized carbons (Fsp3) is 0.588. The minimum absolute atomic E-state index is 0.260. The standard InChI is InChI=1S/C17H24N2OS2/c1-3-22(20)14-8-6-7-13(11-14)18-12(2)17-19-15-9-4-5-10-16(15)21-17/h4-5,9-10,12-14,18H,3,6-8,11H2,1-2H3/t12-,13+,14-,22-/m1/s1. The lowest BCUT2D eigenvalue weighted by molar-refractivity contribution is 0.350. The Morgan fingerprint density at radius 1 is 1.41 bits per heavy atom. The lowest BCUT2D eigenvalue weighted by Crippen LogP contribution is -2.39. The Morgan fingerprint density at radius 2 is 2.23 bits per heavy atom. The molecule has 120 valence electrons. The van der Waals surface area contributed by atoms with Crippen molar-refractivity contribution >= 4 is 32.4 Å². The molecule has 0 aliphatic heterocycles. The SMILES string of the molecule is CC[S@@](=O)[C@@H]1CCC[C@H](N[C@H](C)c2nc3ccccc3s2)C1. The van der Waals surface area contributed by atoms with Crippen LogP contribution in [0.15, 0.2) is 24.3 Å². The highest BCUT2D eigenvalue weighted by Gasteiger charge is 2.27. The third-order valence-electron chi connectivity index (χ3n) is 4.45. The molecule has 1 aromatic heterocycles. The second-order valence-electron chi connectivity index (χ2n) is 6.06. The summed E-state index contributed by atoms with van der Waals surface area (Å²) in [6.45, 7) is 4.22. The van der Waals surface area contributed by atoms with Gasteiger partial charge < -0.3 is 5.32 Å². The van der Waals surface area contributed by atoms with Gasteiger partial charge >= 0.3 is 0 Å². The maximum absolute atomic E-state index is 12.1. The monoisotopic (exact) mass is 336 g/mol. The molecule has 5 heteroatoms. The quantitative estimate of drug-likeness (QED) is 0.896. The molecule has 0 bridgehead atoms. The number of hydrogen-bond acceptors (Lipinski definition) is 4. The highest BCUT2D eigenvalue weighted by molar-refractivity contribution is 7.85. The van der Waals surface area contributed by atoms with Crippen LogP contribution in [0.2, 0.25) is 0 Å². The van der Waals surface area contributed by atoms with E-state index in [1.807, 2.05) is 13.0 Å². The normalized spacial score (nSPS) is 25.2. The van der Waals surface area contributed by atoms with E-state index in [2.05, 4.69) is 30.4 Å². The molecule has 0 spiro atoms. The molecule has 0 saturated heterocycles. The predicted octanol–water partition coefficient (Wildman–Crippen LogP) is 4.03. The van der Waals surface area contributed by atoms with Crippen LogP contribution in [0.1, 0.15) is 50.6 Å². The predicted molar refractivity (Wildman–Crippen MR) is 95.9 cm³/mol. The van der Waals surface area contributed by atoms with Crippen molar-refractivity contribution in [1.29, 1.82) is 0 Å². The van der Waals surface area contributed by atoms with Crippen molar-refractivity contribution in [2.45, 2.75) is 56.9 Å². The van der Waals surface area contributed by atoms with E-state index < -0.39 is 10.8 Å². The molecule has 0 unspecified atom stereocenters. The van der Waals surface area contributed by atoms with E-state index in [1.165, 1.54) is 17.5 Å². The average Bonchev–Trinajstić information content (AvgIpc) is 2.98. The summed E-state index contributed by atoms with van der Waals surface area (Å²) in [5, 5.41) is 5.25. The number of fused-ring (bicyclic) bond motifs is 1. The summed E-state index contributed by atoms with van der Waals surface area (Å²) < 4.78 is 13.3. The van der Waals surface area contributed by atoms with Crippen LogP contribution in [-0.2, 0) is 10.8 Å². The number of rotatable bonds is 5. The van der Waals surface area contributed by atoms with Crippen LogP contribution < -0.4 is 5.32 Å². The second kappa shape index (κ2) is 7.20. The Bertz CT molecular complexity index is 622. The third-order valence-corrected chi connectivity index (χ3v) is 7.41. The summed E-state index contributed by atoms with van der Waals surface area (Å²) in [6.07, 6.45) is 4.52. The smallest absolute Gasteiger partial charge is 0.111 e. The van der Waals surface area contributed by atoms with Gasteiger partial charge in [0.1, 0.15) is 5.01 Å². The largest absolute Gasteiger partial charge is 0.305 e. The van der Waals surface area contributed by atoms with Crippen molar-refractivity contribution in [3.63, 3.8) is 0 Å². The van der Waals surface area contributed by atoms with Crippen LogP contribution in [-0.4, -0.2) is 26.2 Å². The lowest BCUT2D eigenvalue weighted by atomic mass is 9.94. The summed E-state index contributed by atoms with van der Waals surface area (Å²) in [6, 6.07) is 9.03. The third kappa shape index (κ3) is 3.58. The minimum Gasteiger partial charge on any atom is -0.305 e. The van der Waals surface area contributed by atoms with Gasteiger partial charge in [-0.2, -0.15) is 0 Å². The first-order chi connectivity index (χ1) is 10.7. The topological polar surface area (TPSA) is 42.0 Å². The number of para-hydroxylation sites is 1. The maximum atomic E-state index is 12.1. The number of nitrogens with zero attached hydrogens (tertiary/aromatic N) is 1. The zero-order valence-corrected chi connectivity index (χ0v) is 14.9. The molecule has 2 aromatic rings. The molecule has 3 nitrogen and oxygen atoms in total. The summed E-state index contributed by atoms with van der Waals surface area (Å²) >= 11 is 1.77. The highest BCUT2D eigenvalue weighted by Crippen LogP contribution is 2.29. The Hall–Kier alpha value is -0.780. The average molecular weight is 337 g/mol. The summed E-state index contributed by atoms with van der Waals surface area (Å²) in [7, 11) is -0.659. The maximum Gasteiger partial charge on any atom is 0.111 e. The van der Waals surface area contributed by atoms with Crippen LogP contribution >= 0.6 is 11.3 Å². The summed E-state index contributed by atoms with van der Waals surface area (Å²) in [5.41, 5.74) is 1.09. The van der Waals surface area contributed by atoms with Gasteiger partial charge in [-0.1, -0.05) is 25.5 Å². The number of thiazole rings is 1. The van der Waals surface area contributed by atoms with Gasteiger partial charge in [-0.3, -0.25) is 4.21 Å². The first-order valence-corrected chi connectivity index (χ1v) is 10.4. The van der Waals surface area contributed by atoms with Crippen molar-refractivity contribution in [3.05, 3.63) is 29.3 Å². The molecule has 0 radical (unpaired) electrons. The Morgan fingerprint density at radius 3 is 3.00 bits per heavy atom. The zero-order valence-electron chi connectivity index (χ0n) is 13.2. The van der Waals surface area contributed by atoms with Crippen molar-refractivity contribution in [3.8, 4) is 0 Å². The first kappa shape index (κ1) is 16.1. The Kier molecular flexibility index (Phi) is 5.26. The van der Waals surface area contributed by atoms with E-state index in [0.29, 0.717) is 11.3 Å². The molecule has 1 N–H and O–H groups in total. The summed E-state index contributed by atoms with van der Waals surface area (Å²) in [4.78, 5) is 4.74. The summed E-state index contributed by atoms with van der Waals surface area (Å²) in [5.74, 6) is 0.783. The van der Waals surface area contributed by atoms with Crippen molar-refractivity contribution < 1.29 is 4.21 Å². The molecule has 1 aliphatic carbocycles. The first-order valence-electron chi connectivity index (χ1n) is 8.16. The van der Waals surface area contributed by atoms with Gasteiger partial charge in [0.2, 0.25) is 0 Å². The highest BCUT2D eigenvalue weighted by atomic mass is 32.2. The number of aromatic nitrogens is 1. The van der Waals surface area contributed by atoms with Gasteiger partial charge in [-0.15, -0.1) is 11.3 Å². The lowest BCUT2D eigenvalue weighted by Gasteiger charge is -2.30. The van der Waals surface area contributed by atoms with Crippen molar-refractivity contribution in [1.82, 2.24) is 10.3 Å². The molecular weight excluding hydrogens is 312 g/mol. The van der Waals surface area contributed by atoms with Crippen LogP contribution in [0.25, 0.3) is 10.2 Å². The van der Waals surface area contributed by atoms with Gasteiger partial charge in [-0.05, 0) is 38.3 Å². The number of benzene rings is 1. The van der Waals surface area contributed by atoms with E-state index in [-0.39, 0.29) is 6.04 Å². The van der Waals surface area contributed by atoms with E-state index >= 15 is 0 Å².